The summed E-state index contributed by atoms with van der Waals surface area (Å²) in [5, 5.41) is 9.27. The third-order valence-electron chi connectivity index (χ3n) is 2.68. The number of anilines is 1. The van der Waals surface area contributed by atoms with Crippen LogP contribution in [0.1, 0.15) is 21.7 Å². The Labute approximate surface area is 105 Å². The number of nitrogens with one attached hydrogen (secondary N) is 2. The molecule has 1 heterocycles. The predicted molar refractivity (Wildman–Crippen MR) is 68.0 cm³/mol. The van der Waals surface area contributed by atoms with Gasteiger partial charge in [0.2, 0.25) is 0 Å². The molecule has 2 rings (SSSR count). The Balaban J connectivity index is 1.93. The molecule has 0 radical (unpaired) electrons. The van der Waals surface area contributed by atoms with E-state index in [1.807, 2.05) is 19.1 Å². The number of aromatic amines is 1. The number of nitrogens with two attached hydrogens (primary N) is 1. The Morgan fingerprint density at radius 3 is 3.06 bits per heavy atom. The molecule has 0 atom stereocenters. The van der Waals surface area contributed by atoms with Gasteiger partial charge in [0.25, 0.3) is 5.91 Å². The molecule has 0 saturated heterocycles. The van der Waals surface area contributed by atoms with Crippen LogP contribution in [0.15, 0.2) is 24.5 Å². The highest BCUT2D eigenvalue weighted by Crippen LogP contribution is 2.15. The van der Waals surface area contributed by atoms with Gasteiger partial charge < -0.3 is 11.1 Å². The van der Waals surface area contributed by atoms with Crippen molar-refractivity contribution in [1.29, 1.82) is 0 Å². The van der Waals surface area contributed by atoms with Crippen LogP contribution in [-0.4, -0.2) is 27.6 Å². The summed E-state index contributed by atoms with van der Waals surface area (Å²) in [7, 11) is 0. The molecular formula is C12H15N5O. The molecular weight excluding hydrogens is 230 g/mol. The van der Waals surface area contributed by atoms with Crippen molar-refractivity contribution in [2.45, 2.75) is 13.3 Å². The van der Waals surface area contributed by atoms with E-state index in [0.29, 0.717) is 24.2 Å². The van der Waals surface area contributed by atoms with Gasteiger partial charge in [-0.1, -0.05) is 12.1 Å². The molecule has 0 unspecified atom stereocenters. The number of para-hydroxylation sites is 1. The Hall–Kier alpha value is -2.37. The fourth-order valence-electron chi connectivity index (χ4n) is 1.62. The summed E-state index contributed by atoms with van der Waals surface area (Å²) < 4.78 is 0. The van der Waals surface area contributed by atoms with E-state index < -0.39 is 0 Å². The number of H-pyrrole nitrogens is 1. The molecule has 6 heteroatoms. The van der Waals surface area contributed by atoms with Gasteiger partial charge in [-0.15, -0.1) is 0 Å². The van der Waals surface area contributed by atoms with Crippen molar-refractivity contribution >= 4 is 11.6 Å². The maximum atomic E-state index is 11.9. The number of nitrogens with zero attached hydrogens (tertiary/aromatic N) is 2. The van der Waals surface area contributed by atoms with Gasteiger partial charge in [-0.25, -0.2) is 4.98 Å². The second-order valence-corrected chi connectivity index (χ2v) is 3.97. The van der Waals surface area contributed by atoms with Crippen molar-refractivity contribution in [2.24, 2.45) is 0 Å². The average molecular weight is 245 g/mol. The van der Waals surface area contributed by atoms with Gasteiger partial charge in [-0.05, 0) is 18.6 Å². The van der Waals surface area contributed by atoms with Crippen molar-refractivity contribution < 1.29 is 4.79 Å². The van der Waals surface area contributed by atoms with Crippen LogP contribution >= 0.6 is 0 Å². The van der Waals surface area contributed by atoms with Crippen molar-refractivity contribution in [3.63, 3.8) is 0 Å². The number of carbonyl (C=O) groups excluding carboxylic acids is 1. The monoisotopic (exact) mass is 245 g/mol. The van der Waals surface area contributed by atoms with Crippen LogP contribution in [-0.2, 0) is 6.42 Å². The fraction of sp³-hybridized carbons (Fsp3) is 0.250. The first-order valence-corrected chi connectivity index (χ1v) is 5.66. The van der Waals surface area contributed by atoms with E-state index in [9.17, 15) is 4.79 Å². The van der Waals surface area contributed by atoms with Crippen LogP contribution in [0.5, 0.6) is 0 Å². The Bertz CT molecular complexity index is 535. The van der Waals surface area contributed by atoms with E-state index in [4.69, 9.17) is 5.73 Å². The predicted octanol–water partition coefficient (Wildman–Crippen LogP) is 0.668. The minimum Gasteiger partial charge on any atom is -0.398 e. The molecule has 4 N–H and O–H groups in total. The first-order valence-electron chi connectivity index (χ1n) is 5.66. The van der Waals surface area contributed by atoms with Gasteiger partial charge >= 0.3 is 0 Å². The third kappa shape index (κ3) is 2.65. The molecule has 2 aromatic rings. The smallest absolute Gasteiger partial charge is 0.253 e. The van der Waals surface area contributed by atoms with E-state index >= 15 is 0 Å². The second-order valence-electron chi connectivity index (χ2n) is 3.97. The van der Waals surface area contributed by atoms with Gasteiger partial charge in [-0.2, -0.15) is 5.10 Å². The van der Waals surface area contributed by atoms with Crippen LogP contribution < -0.4 is 11.1 Å². The van der Waals surface area contributed by atoms with Crippen LogP contribution in [0, 0.1) is 6.92 Å². The number of rotatable bonds is 4. The molecule has 1 amide bonds. The molecule has 0 aliphatic heterocycles. The molecule has 0 fully saturated rings. The third-order valence-corrected chi connectivity index (χ3v) is 2.68. The zero-order chi connectivity index (χ0) is 13.0. The molecule has 0 spiro atoms. The van der Waals surface area contributed by atoms with Gasteiger partial charge in [0.05, 0.1) is 5.56 Å². The maximum Gasteiger partial charge on any atom is 0.253 e. The van der Waals surface area contributed by atoms with Gasteiger partial charge in [0, 0.05) is 18.7 Å². The van der Waals surface area contributed by atoms with Crippen LogP contribution in [0.4, 0.5) is 5.69 Å². The van der Waals surface area contributed by atoms with Crippen LogP contribution in [0.25, 0.3) is 0 Å². The van der Waals surface area contributed by atoms with Crippen molar-refractivity contribution in [1.82, 2.24) is 20.5 Å². The largest absolute Gasteiger partial charge is 0.398 e. The molecule has 1 aromatic carbocycles. The van der Waals surface area contributed by atoms with E-state index in [0.717, 1.165) is 11.4 Å². The lowest BCUT2D eigenvalue weighted by Gasteiger charge is -2.08. The average Bonchev–Trinajstić information content (AvgIpc) is 2.85. The summed E-state index contributed by atoms with van der Waals surface area (Å²) in [6.07, 6.45) is 2.05. The quantitative estimate of drug-likeness (QED) is 0.689. The summed E-state index contributed by atoms with van der Waals surface area (Å²) in [5.74, 6) is 0.572. The minimum absolute atomic E-state index is 0.171. The fourth-order valence-corrected chi connectivity index (χ4v) is 1.62. The summed E-state index contributed by atoms with van der Waals surface area (Å²) >= 11 is 0. The number of aromatic nitrogens is 3. The lowest BCUT2D eigenvalue weighted by atomic mass is 10.1. The first kappa shape index (κ1) is 12.1. The zero-order valence-corrected chi connectivity index (χ0v) is 10.1. The molecule has 94 valence electrons. The highest BCUT2D eigenvalue weighted by molar-refractivity contribution is 5.99. The van der Waals surface area contributed by atoms with E-state index in [-0.39, 0.29) is 5.91 Å². The Morgan fingerprint density at radius 1 is 1.50 bits per heavy atom. The number of amides is 1. The van der Waals surface area contributed by atoms with Gasteiger partial charge in [0.15, 0.2) is 0 Å². The van der Waals surface area contributed by atoms with Gasteiger partial charge in [0.1, 0.15) is 12.2 Å². The highest BCUT2D eigenvalue weighted by Gasteiger charge is 2.10. The van der Waals surface area contributed by atoms with E-state index in [1.165, 1.54) is 6.33 Å². The molecule has 0 bridgehead atoms. The van der Waals surface area contributed by atoms with E-state index in [2.05, 4.69) is 20.5 Å². The van der Waals surface area contributed by atoms with Crippen LogP contribution in [0.3, 0.4) is 0 Å². The number of hydrogen-bond donors (Lipinski definition) is 3. The number of carbonyl (C=O) groups is 1. The molecule has 1 aromatic heterocycles. The number of nitrogen functional groups attached to an aromatic ring is 1. The topological polar surface area (TPSA) is 96.7 Å². The summed E-state index contributed by atoms with van der Waals surface area (Å²) in [4.78, 5) is 15.9. The summed E-state index contributed by atoms with van der Waals surface area (Å²) in [6.45, 7) is 2.36. The molecule has 6 nitrogen and oxygen atoms in total. The normalized spacial score (nSPS) is 10.3. The SMILES string of the molecule is Cc1cccc(C(=O)NCCc2ncn[nH]2)c1N. The highest BCUT2D eigenvalue weighted by atomic mass is 16.1. The summed E-state index contributed by atoms with van der Waals surface area (Å²) in [6, 6.07) is 5.41. The second kappa shape index (κ2) is 5.31. The number of benzene rings is 1. The molecule has 0 saturated carbocycles. The Kier molecular flexibility index (Phi) is 3.57. The minimum atomic E-state index is -0.171. The number of hydrogen-bond acceptors (Lipinski definition) is 4. The molecule has 0 aliphatic rings. The number of aryl methyl sites for hydroxylation is 1. The molecule has 0 aliphatic carbocycles. The Morgan fingerprint density at radius 2 is 2.33 bits per heavy atom. The summed E-state index contributed by atoms with van der Waals surface area (Å²) in [5.41, 5.74) is 7.79. The van der Waals surface area contributed by atoms with Crippen LogP contribution in [0.2, 0.25) is 0 Å². The lowest BCUT2D eigenvalue weighted by molar-refractivity contribution is 0.0955. The zero-order valence-electron chi connectivity index (χ0n) is 10.1. The van der Waals surface area contributed by atoms with Crippen molar-refractivity contribution in [2.75, 3.05) is 12.3 Å². The maximum absolute atomic E-state index is 11.9. The van der Waals surface area contributed by atoms with Crippen molar-refractivity contribution in [3.05, 3.63) is 41.5 Å². The first-order chi connectivity index (χ1) is 8.68. The van der Waals surface area contributed by atoms with Crippen molar-refractivity contribution in [3.8, 4) is 0 Å². The lowest BCUT2D eigenvalue weighted by Crippen LogP contribution is -2.26. The van der Waals surface area contributed by atoms with E-state index in [1.54, 1.807) is 6.07 Å². The molecule has 18 heavy (non-hydrogen) atoms. The van der Waals surface area contributed by atoms with Gasteiger partial charge in [-0.3, -0.25) is 9.89 Å². The standard InChI is InChI=1S/C12H15N5O/c1-8-3-2-4-9(11(8)13)12(18)14-6-5-10-15-7-16-17-10/h2-4,7H,5-6,13H2,1H3,(H,14,18)(H,15,16,17).